The van der Waals surface area contributed by atoms with Crippen molar-refractivity contribution < 1.29 is 18.4 Å². The maximum Gasteiger partial charge on any atom is 0.257 e. The molecule has 0 radical (unpaired) electrons. The summed E-state index contributed by atoms with van der Waals surface area (Å²) in [7, 11) is 1.68. The number of fused-ring (bicyclic) bond motifs is 1. The summed E-state index contributed by atoms with van der Waals surface area (Å²) in [5.74, 6) is -0.825. The Bertz CT molecular complexity index is 1750. The quantitative estimate of drug-likeness (QED) is 0.221. The number of amides is 2. The summed E-state index contributed by atoms with van der Waals surface area (Å²) in [6, 6.07) is 12.3. The van der Waals surface area contributed by atoms with Gasteiger partial charge in [0.2, 0.25) is 5.91 Å². The maximum atomic E-state index is 16.5. The largest absolute Gasteiger partial charge is 0.365 e. The van der Waals surface area contributed by atoms with Gasteiger partial charge in [-0.05, 0) is 48.7 Å². The van der Waals surface area contributed by atoms with E-state index in [4.69, 9.17) is 28.2 Å². The molecular weight excluding hydrogens is 607 g/mol. The van der Waals surface area contributed by atoms with Gasteiger partial charge in [-0.2, -0.15) is 0 Å². The predicted molar refractivity (Wildman–Crippen MR) is 172 cm³/mol. The fraction of sp³-hybridized carbons (Fsp3) is 0.364. The van der Waals surface area contributed by atoms with Crippen molar-refractivity contribution in [2.24, 2.45) is 12.5 Å². The van der Waals surface area contributed by atoms with Gasteiger partial charge >= 0.3 is 0 Å². The van der Waals surface area contributed by atoms with E-state index in [0.717, 1.165) is 5.56 Å². The van der Waals surface area contributed by atoms with Gasteiger partial charge in [0.25, 0.3) is 5.91 Å². The number of hydrogen-bond donors (Lipinski definition) is 2. The number of carbonyl (C=O) groups is 2. The minimum Gasteiger partial charge on any atom is -0.365 e. The fourth-order valence-electron chi connectivity index (χ4n) is 5.30. The van der Waals surface area contributed by atoms with Crippen molar-refractivity contribution in [3.05, 3.63) is 86.4 Å². The van der Waals surface area contributed by atoms with Crippen LogP contribution in [0.15, 0.2) is 42.5 Å². The van der Waals surface area contributed by atoms with E-state index in [1.165, 1.54) is 0 Å². The van der Waals surface area contributed by atoms with Gasteiger partial charge in [-0.25, -0.2) is 13.8 Å². The van der Waals surface area contributed by atoms with Crippen LogP contribution in [-0.2, 0) is 24.8 Å². The Labute approximate surface area is 265 Å². The summed E-state index contributed by atoms with van der Waals surface area (Å²) in [5, 5.41) is 6.52. The normalized spacial score (nSPS) is 15.2. The molecule has 1 fully saturated rings. The van der Waals surface area contributed by atoms with Gasteiger partial charge in [-0.1, -0.05) is 67.7 Å². The van der Waals surface area contributed by atoms with Crippen LogP contribution in [0.1, 0.15) is 60.1 Å². The molecule has 0 bridgehead atoms. The van der Waals surface area contributed by atoms with E-state index in [1.807, 2.05) is 39.8 Å². The number of nitrogens with one attached hydrogen (secondary N) is 2. The van der Waals surface area contributed by atoms with E-state index in [0.29, 0.717) is 32.7 Å². The average Bonchev–Trinajstić information content (AvgIpc) is 3.53. The monoisotopic (exact) mass is 641 g/mol. The van der Waals surface area contributed by atoms with Crippen molar-refractivity contribution >= 4 is 57.4 Å². The van der Waals surface area contributed by atoms with Gasteiger partial charge in [-0.15, -0.1) is 0 Å². The van der Waals surface area contributed by atoms with Gasteiger partial charge in [0.15, 0.2) is 5.82 Å². The van der Waals surface area contributed by atoms with Crippen LogP contribution >= 0.6 is 23.2 Å². The number of nitrogens with zero attached hydrogens (tertiary/aromatic N) is 3. The van der Waals surface area contributed by atoms with Crippen LogP contribution in [0.3, 0.4) is 0 Å². The number of benzene rings is 3. The molecule has 4 aromatic rings. The second kappa shape index (κ2) is 12.4. The molecular formula is C33H35Cl2F2N5O2. The van der Waals surface area contributed by atoms with E-state index in [1.54, 1.807) is 46.8 Å². The molecule has 0 spiro atoms. The van der Waals surface area contributed by atoms with Crippen LogP contribution in [-0.4, -0.2) is 40.6 Å². The number of halogens is 4. The van der Waals surface area contributed by atoms with Crippen LogP contribution in [0.5, 0.6) is 0 Å². The summed E-state index contributed by atoms with van der Waals surface area (Å²) in [5.41, 5.74) is 2.86. The van der Waals surface area contributed by atoms with Gasteiger partial charge in [0, 0.05) is 49.2 Å². The molecule has 1 aliphatic heterocycles. The maximum absolute atomic E-state index is 16.5. The van der Waals surface area contributed by atoms with Crippen LogP contribution in [0.25, 0.3) is 11.0 Å². The number of rotatable bonds is 7. The molecule has 0 unspecified atom stereocenters. The molecule has 0 saturated carbocycles. The Morgan fingerprint density at radius 2 is 1.82 bits per heavy atom. The highest BCUT2D eigenvalue weighted by atomic mass is 35.5. The highest BCUT2D eigenvalue weighted by molar-refractivity contribution is 6.36. The Morgan fingerprint density at radius 3 is 2.45 bits per heavy atom. The number of aromatic nitrogens is 2. The van der Waals surface area contributed by atoms with Crippen LogP contribution in [0.2, 0.25) is 10.0 Å². The first-order valence-electron chi connectivity index (χ1n) is 14.4. The van der Waals surface area contributed by atoms with Gasteiger partial charge in [0.05, 0.1) is 21.8 Å². The first-order chi connectivity index (χ1) is 20.7. The zero-order valence-electron chi connectivity index (χ0n) is 25.3. The summed E-state index contributed by atoms with van der Waals surface area (Å²) >= 11 is 13.4. The molecule has 5 rings (SSSR count). The topological polar surface area (TPSA) is 79.3 Å². The van der Waals surface area contributed by atoms with Gasteiger partial charge in [0.1, 0.15) is 17.5 Å². The van der Waals surface area contributed by atoms with E-state index in [2.05, 4.69) is 10.6 Å². The molecule has 2 amide bonds. The first-order valence-corrected chi connectivity index (χ1v) is 15.2. The van der Waals surface area contributed by atoms with Gasteiger partial charge in [-0.3, -0.25) is 9.59 Å². The number of carbonyl (C=O) groups excluding carboxylic acids is 2. The lowest BCUT2D eigenvalue weighted by atomic mass is 9.95. The van der Waals surface area contributed by atoms with Crippen molar-refractivity contribution in [1.82, 2.24) is 14.9 Å². The van der Waals surface area contributed by atoms with Crippen LogP contribution in [0.4, 0.5) is 20.2 Å². The lowest BCUT2D eigenvalue weighted by Gasteiger charge is -2.22. The number of imidazole rings is 1. The third kappa shape index (κ3) is 6.40. The van der Waals surface area contributed by atoms with E-state index in [9.17, 15) is 14.0 Å². The molecule has 1 atom stereocenters. The second-order valence-corrected chi connectivity index (χ2v) is 13.1. The van der Waals surface area contributed by atoms with E-state index in [-0.39, 0.29) is 60.7 Å². The standard InChI is InChI=1S/C33H35Cl2F2N5O2/c1-18-6-9-21(10-7-18)39-31(43)23-14-25-30(28(37)29(23)42-13-12-20(36)17-42)41(5)26(40-25)15-22-24(34)11-8-19(27(22)35)16-38-32(44)33(2,3)4/h6-11,14,20H,12-13,15-17H2,1-5H3,(H,38,44)(H,39,43)/t20-/m1/s1. The molecule has 3 aromatic carbocycles. The molecule has 232 valence electrons. The predicted octanol–water partition coefficient (Wildman–Crippen LogP) is 7.38. The number of aryl methyl sites for hydroxylation is 2. The fourth-order valence-corrected chi connectivity index (χ4v) is 5.87. The molecule has 0 aliphatic carbocycles. The highest BCUT2D eigenvalue weighted by Crippen LogP contribution is 2.36. The first kappa shape index (κ1) is 31.7. The summed E-state index contributed by atoms with van der Waals surface area (Å²) in [6.45, 7) is 7.89. The lowest BCUT2D eigenvalue weighted by Crippen LogP contribution is -2.34. The van der Waals surface area contributed by atoms with Crippen molar-refractivity contribution in [1.29, 1.82) is 0 Å². The summed E-state index contributed by atoms with van der Waals surface area (Å²) in [6.07, 6.45) is -0.707. The Kier molecular flexibility index (Phi) is 8.92. The van der Waals surface area contributed by atoms with Crippen molar-refractivity contribution in [2.75, 3.05) is 23.3 Å². The minimum absolute atomic E-state index is 0.0122. The Balaban J connectivity index is 1.53. The van der Waals surface area contributed by atoms with E-state index < -0.39 is 23.3 Å². The Morgan fingerprint density at radius 1 is 1.11 bits per heavy atom. The summed E-state index contributed by atoms with van der Waals surface area (Å²) < 4.78 is 32.4. The van der Waals surface area contributed by atoms with Crippen LogP contribution < -0.4 is 15.5 Å². The highest BCUT2D eigenvalue weighted by Gasteiger charge is 2.31. The van der Waals surface area contributed by atoms with Crippen molar-refractivity contribution in [2.45, 2.75) is 53.3 Å². The lowest BCUT2D eigenvalue weighted by molar-refractivity contribution is -0.128. The zero-order chi connectivity index (χ0) is 31.9. The zero-order valence-corrected chi connectivity index (χ0v) is 26.8. The smallest absolute Gasteiger partial charge is 0.257 e. The average molecular weight is 643 g/mol. The van der Waals surface area contributed by atoms with Crippen molar-refractivity contribution in [3.8, 4) is 0 Å². The minimum atomic E-state index is -1.12. The molecule has 2 heterocycles. The summed E-state index contributed by atoms with van der Waals surface area (Å²) in [4.78, 5) is 32.2. The number of anilines is 2. The molecule has 1 aromatic heterocycles. The number of alkyl halides is 1. The SMILES string of the molecule is Cc1ccc(NC(=O)c2cc3nc(Cc4c(Cl)ccc(CNC(=O)C(C)(C)C)c4Cl)n(C)c3c(F)c2N2CC[C@@H](F)C2)cc1. The Hall–Kier alpha value is -3.69. The second-order valence-electron chi connectivity index (χ2n) is 12.3. The molecule has 1 saturated heterocycles. The van der Waals surface area contributed by atoms with E-state index >= 15 is 4.39 Å². The number of hydrogen-bond acceptors (Lipinski definition) is 4. The molecule has 2 N–H and O–H groups in total. The molecule has 11 heteroatoms. The molecule has 44 heavy (non-hydrogen) atoms. The van der Waals surface area contributed by atoms with Crippen LogP contribution in [0, 0.1) is 18.2 Å². The molecule has 7 nitrogen and oxygen atoms in total. The third-order valence-corrected chi connectivity index (χ3v) is 8.71. The molecule has 1 aliphatic rings. The third-order valence-electron chi connectivity index (χ3n) is 7.89. The van der Waals surface area contributed by atoms with Crippen molar-refractivity contribution in [3.63, 3.8) is 0 Å². The van der Waals surface area contributed by atoms with Gasteiger partial charge < -0.3 is 20.1 Å².